The van der Waals surface area contributed by atoms with E-state index in [1.165, 1.54) is 5.56 Å². The second-order valence-corrected chi connectivity index (χ2v) is 7.71. The third-order valence-electron chi connectivity index (χ3n) is 5.53. The summed E-state index contributed by atoms with van der Waals surface area (Å²) in [6.45, 7) is 2.17. The van der Waals surface area contributed by atoms with Crippen molar-refractivity contribution in [3.05, 3.63) is 72.3 Å². The number of carbonyl (C=O) groups excluding carboxylic acids is 1. The zero-order chi connectivity index (χ0) is 22.3. The van der Waals surface area contributed by atoms with Crippen LogP contribution in [0.1, 0.15) is 29.9 Å². The number of carbonyl (C=O) groups is 1. The monoisotopic (exact) mass is 430 g/mol. The summed E-state index contributed by atoms with van der Waals surface area (Å²) in [4.78, 5) is 30.6. The average molecular weight is 431 g/mol. The van der Waals surface area contributed by atoms with Crippen molar-refractivity contribution in [2.24, 2.45) is 16.5 Å². The van der Waals surface area contributed by atoms with Crippen LogP contribution >= 0.6 is 0 Å². The Morgan fingerprint density at radius 2 is 1.78 bits per heavy atom. The number of hydrogen-bond donors (Lipinski definition) is 3. The largest absolute Gasteiger partial charge is 0.370 e. The van der Waals surface area contributed by atoms with Gasteiger partial charge in [0.05, 0.1) is 0 Å². The van der Waals surface area contributed by atoms with Crippen LogP contribution in [0.5, 0.6) is 0 Å². The fourth-order valence-electron chi connectivity index (χ4n) is 3.88. The highest BCUT2D eigenvalue weighted by Crippen LogP contribution is 2.29. The molecule has 0 bridgehead atoms. The molecule has 1 fully saturated rings. The van der Waals surface area contributed by atoms with Gasteiger partial charge in [-0.2, -0.15) is 4.99 Å². The summed E-state index contributed by atoms with van der Waals surface area (Å²) in [5.41, 5.74) is 14.6. The van der Waals surface area contributed by atoms with Crippen molar-refractivity contribution in [3.63, 3.8) is 0 Å². The second kappa shape index (κ2) is 9.86. The fourth-order valence-corrected chi connectivity index (χ4v) is 3.88. The standard InChI is InChI=1S/C23H26N8O/c24-21(25)30-23(32)29-13-16-2-1-3-19(12-16)20-14-27-22(28-15-20)31-10-6-18(7-11-31)17-4-8-26-9-5-17/h1-5,8-9,12,14-15,18H,6-7,10-11,13H2,(H5,24,25,29,30,32). The highest BCUT2D eigenvalue weighted by atomic mass is 16.2. The van der Waals surface area contributed by atoms with E-state index in [9.17, 15) is 4.79 Å². The highest BCUT2D eigenvalue weighted by Gasteiger charge is 2.22. The lowest BCUT2D eigenvalue weighted by Crippen LogP contribution is -2.34. The van der Waals surface area contributed by atoms with E-state index in [1.54, 1.807) is 0 Å². The summed E-state index contributed by atoms with van der Waals surface area (Å²) in [5, 5.41) is 2.65. The van der Waals surface area contributed by atoms with E-state index in [-0.39, 0.29) is 5.96 Å². The summed E-state index contributed by atoms with van der Waals surface area (Å²) >= 11 is 0. The van der Waals surface area contributed by atoms with Crippen LogP contribution in [0.25, 0.3) is 11.1 Å². The SMILES string of the molecule is NC(N)=NC(=O)NCc1cccc(-c2cnc(N3CCC(c4ccncc4)CC3)nc2)c1. The zero-order valence-electron chi connectivity index (χ0n) is 17.7. The molecule has 32 heavy (non-hydrogen) atoms. The minimum absolute atomic E-state index is 0.268. The Kier molecular flexibility index (Phi) is 6.54. The van der Waals surface area contributed by atoms with Gasteiger partial charge in [0.2, 0.25) is 5.95 Å². The first kappa shape index (κ1) is 21.2. The van der Waals surface area contributed by atoms with E-state index in [2.05, 4.69) is 42.3 Å². The molecular weight excluding hydrogens is 404 g/mol. The lowest BCUT2D eigenvalue weighted by molar-refractivity contribution is 0.249. The molecule has 0 radical (unpaired) electrons. The van der Waals surface area contributed by atoms with E-state index in [0.717, 1.165) is 48.6 Å². The normalized spacial score (nSPS) is 14.1. The second-order valence-electron chi connectivity index (χ2n) is 7.71. The van der Waals surface area contributed by atoms with Gasteiger partial charge in [-0.25, -0.2) is 14.8 Å². The van der Waals surface area contributed by atoms with Gasteiger partial charge in [-0.15, -0.1) is 0 Å². The van der Waals surface area contributed by atoms with Gasteiger partial charge in [-0.1, -0.05) is 18.2 Å². The molecule has 2 amide bonds. The number of benzene rings is 1. The molecule has 9 nitrogen and oxygen atoms in total. The lowest BCUT2D eigenvalue weighted by atomic mass is 9.90. The van der Waals surface area contributed by atoms with Crippen molar-refractivity contribution >= 4 is 17.9 Å². The minimum atomic E-state index is -0.573. The van der Waals surface area contributed by atoms with Gasteiger partial charge in [0.1, 0.15) is 0 Å². The number of urea groups is 1. The highest BCUT2D eigenvalue weighted by molar-refractivity contribution is 5.90. The molecule has 3 heterocycles. The fraction of sp³-hybridized carbons (Fsp3) is 0.261. The molecule has 0 spiro atoms. The first-order valence-electron chi connectivity index (χ1n) is 10.5. The summed E-state index contributed by atoms with van der Waals surface area (Å²) in [6.07, 6.45) is 9.54. The molecule has 0 aliphatic carbocycles. The maximum Gasteiger partial charge on any atom is 0.344 e. The van der Waals surface area contributed by atoms with E-state index >= 15 is 0 Å². The smallest absolute Gasteiger partial charge is 0.344 e. The molecule has 4 rings (SSSR count). The van der Waals surface area contributed by atoms with E-state index in [4.69, 9.17) is 11.5 Å². The van der Waals surface area contributed by atoms with Crippen LogP contribution in [0.2, 0.25) is 0 Å². The van der Waals surface area contributed by atoms with Crippen molar-refractivity contribution in [1.29, 1.82) is 0 Å². The maximum absolute atomic E-state index is 11.6. The van der Waals surface area contributed by atoms with Crippen LogP contribution in [0, 0.1) is 0 Å². The molecule has 2 aromatic heterocycles. The first-order valence-corrected chi connectivity index (χ1v) is 10.5. The number of amides is 2. The molecule has 164 valence electrons. The van der Waals surface area contributed by atoms with E-state index in [1.807, 2.05) is 49.1 Å². The number of guanidine groups is 1. The maximum atomic E-state index is 11.6. The van der Waals surface area contributed by atoms with Gasteiger partial charge in [0, 0.05) is 50.0 Å². The Morgan fingerprint density at radius 1 is 1.06 bits per heavy atom. The average Bonchev–Trinajstić information content (AvgIpc) is 2.83. The van der Waals surface area contributed by atoms with Gasteiger partial charge in [0.15, 0.2) is 5.96 Å². The third kappa shape index (κ3) is 5.37. The Hall–Kier alpha value is -4.01. The Labute approximate surface area is 186 Å². The van der Waals surface area contributed by atoms with Gasteiger partial charge in [-0.3, -0.25) is 4.98 Å². The van der Waals surface area contributed by atoms with Crippen LogP contribution in [0.4, 0.5) is 10.7 Å². The minimum Gasteiger partial charge on any atom is -0.370 e. The number of anilines is 1. The van der Waals surface area contributed by atoms with Gasteiger partial charge in [-0.05, 0) is 53.6 Å². The molecule has 0 atom stereocenters. The van der Waals surface area contributed by atoms with Gasteiger partial charge < -0.3 is 21.7 Å². The Bertz CT molecular complexity index is 1070. The number of rotatable bonds is 5. The molecule has 5 N–H and O–H groups in total. The number of nitrogens with one attached hydrogen (secondary N) is 1. The number of nitrogens with two attached hydrogens (primary N) is 2. The van der Waals surface area contributed by atoms with E-state index < -0.39 is 6.03 Å². The van der Waals surface area contributed by atoms with Crippen LogP contribution < -0.4 is 21.7 Å². The van der Waals surface area contributed by atoms with Crippen molar-refractivity contribution < 1.29 is 4.79 Å². The third-order valence-corrected chi connectivity index (χ3v) is 5.53. The first-order chi connectivity index (χ1) is 15.6. The summed E-state index contributed by atoms with van der Waals surface area (Å²) in [7, 11) is 0. The number of pyridine rings is 1. The Balaban J connectivity index is 1.37. The number of aliphatic imine (C=N–C) groups is 1. The number of hydrogen-bond acceptors (Lipinski definition) is 5. The molecule has 9 heteroatoms. The summed E-state index contributed by atoms with van der Waals surface area (Å²) in [5.74, 6) is 1.04. The molecular formula is C23H26N8O. The topological polar surface area (TPSA) is 135 Å². The number of piperidine rings is 1. The van der Waals surface area contributed by atoms with Crippen molar-refractivity contribution in [2.45, 2.75) is 25.3 Å². The van der Waals surface area contributed by atoms with Crippen LogP contribution in [-0.2, 0) is 6.54 Å². The predicted octanol–water partition coefficient (Wildman–Crippen LogP) is 2.41. The van der Waals surface area contributed by atoms with Crippen molar-refractivity contribution in [3.8, 4) is 11.1 Å². The Morgan fingerprint density at radius 3 is 2.47 bits per heavy atom. The molecule has 0 unspecified atom stereocenters. The predicted molar refractivity (Wildman–Crippen MR) is 124 cm³/mol. The molecule has 1 aliphatic heterocycles. The summed E-state index contributed by atoms with van der Waals surface area (Å²) < 4.78 is 0. The van der Waals surface area contributed by atoms with E-state index in [0.29, 0.717) is 12.5 Å². The van der Waals surface area contributed by atoms with Crippen molar-refractivity contribution in [1.82, 2.24) is 20.3 Å². The lowest BCUT2D eigenvalue weighted by Gasteiger charge is -2.32. The zero-order valence-corrected chi connectivity index (χ0v) is 17.7. The quantitative estimate of drug-likeness (QED) is 0.418. The molecule has 1 aromatic carbocycles. The molecule has 1 saturated heterocycles. The molecule has 1 aliphatic rings. The van der Waals surface area contributed by atoms with Gasteiger partial charge in [0.25, 0.3) is 0 Å². The van der Waals surface area contributed by atoms with Crippen LogP contribution in [0.3, 0.4) is 0 Å². The summed E-state index contributed by atoms with van der Waals surface area (Å²) in [6, 6.07) is 11.4. The number of aromatic nitrogens is 3. The van der Waals surface area contributed by atoms with Crippen LogP contribution in [0.15, 0.2) is 66.2 Å². The molecule has 0 saturated carbocycles. The van der Waals surface area contributed by atoms with Crippen LogP contribution in [-0.4, -0.2) is 40.0 Å². The number of nitrogens with zero attached hydrogens (tertiary/aromatic N) is 5. The van der Waals surface area contributed by atoms with Gasteiger partial charge >= 0.3 is 6.03 Å². The molecule has 3 aromatic rings. The van der Waals surface area contributed by atoms with Crippen molar-refractivity contribution in [2.75, 3.05) is 18.0 Å².